The van der Waals surface area contributed by atoms with E-state index in [0.717, 1.165) is 17.7 Å². The summed E-state index contributed by atoms with van der Waals surface area (Å²) >= 11 is 0. The molecule has 5 heteroatoms. The van der Waals surface area contributed by atoms with Crippen LogP contribution in [0.5, 0.6) is 11.5 Å². The molecule has 3 N–H and O–H groups in total. The average molecular weight is 280 g/mol. The van der Waals surface area contributed by atoms with Gasteiger partial charge in [0.25, 0.3) is 5.91 Å². The maximum atomic E-state index is 11.7. The summed E-state index contributed by atoms with van der Waals surface area (Å²) in [5, 5.41) is 2.86. The molecule has 0 saturated carbocycles. The molecule has 0 bridgehead atoms. The fourth-order valence-corrected chi connectivity index (χ4v) is 1.74. The second-order valence-electron chi connectivity index (χ2n) is 4.68. The number of carbonyl (C=O) groups is 1. The summed E-state index contributed by atoms with van der Waals surface area (Å²) in [6.45, 7) is 4.51. The Morgan fingerprint density at radius 3 is 2.80 bits per heavy atom. The van der Waals surface area contributed by atoms with Crippen molar-refractivity contribution in [3.05, 3.63) is 23.8 Å². The third kappa shape index (κ3) is 5.09. The van der Waals surface area contributed by atoms with Crippen LogP contribution in [0.25, 0.3) is 0 Å². The Morgan fingerprint density at radius 1 is 1.45 bits per heavy atom. The Kier molecular flexibility index (Phi) is 6.87. The van der Waals surface area contributed by atoms with E-state index < -0.39 is 0 Å². The molecule has 1 aromatic carbocycles. The van der Waals surface area contributed by atoms with Crippen molar-refractivity contribution >= 4 is 5.91 Å². The third-order valence-corrected chi connectivity index (χ3v) is 3.06. The summed E-state index contributed by atoms with van der Waals surface area (Å²) < 4.78 is 10.7. The number of amides is 1. The highest BCUT2D eigenvalue weighted by Gasteiger charge is 2.09. The molecular formula is C15H24N2O3. The van der Waals surface area contributed by atoms with Crippen LogP contribution >= 0.6 is 0 Å². The van der Waals surface area contributed by atoms with Gasteiger partial charge in [-0.2, -0.15) is 0 Å². The molecule has 0 aromatic heterocycles. The number of rotatable bonds is 8. The summed E-state index contributed by atoms with van der Waals surface area (Å²) in [5.41, 5.74) is 6.53. The summed E-state index contributed by atoms with van der Waals surface area (Å²) in [4.78, 5) is 11.7. The molecule has 1 aromatic rings. The number of nitrogens with one attached hydrogen (secondary N) is 1. The number of benzene rings is 1. The van der Waals surface area contributed by atoms with Crippen LogP contribution in [-0.4, -0.2) is 32.2 Å². The third-order valence-electron chi connectivity index (χ3n) is 3.06. The van der Waals surface area contributed by atoms with Gasteiger partial charge in [-0.15, -0.1) is 0 Å². The second kappa shape index (κ2) is 8.43. The Hall–Kier alpha value is -1.75. The SMILES string of the molecule is CCC(C)NC(=O)COc1ccc(OC)cc1CCN. The first kappa shape index (κ1) is 16.3. The highest BCUT2D eigenvalue weighted by Crippen LogP contribution is 2.24. The minimum Gasteiger partial charge on any atom is -0.497 e. The normalized spacial score (nSPS) is 11.8. The molecule has 0 radical (unpaired) electrons. The number of methoxy groups -OCH3 is 1. The van der Waals surface area contributed by atoms with Gasteiger partial charge in [-0.3, -0.25) is 4.79 Å². The number of hydrogen-bond donors (Lipinski definition) is 2. The molecule has 5 nitrogen and oxygen atoms in total. The standard InChI is InChI=1S/C15H24N2O3/c1-4-11(2)17-15(18)10-20-14-6-5-13(19-3)9-12(14)7-8-16/h5-6,9,11H,4,7-8,10,16H2,1-3H3,(H,17,18). The van der Waals surface area contributed by atoms with E-state index in [1.807, 2.05) is 26.0 Å². The van der Waals surface area contributed by atoms with Gasteiger partial charge < -0.3 is 20.5 Å². The van der Waals surface area contributed by atoms with Crippen molar-refractivity contribution in [2.75, 3.05) is 20.3 Å². The maximum Gasteiger partial charge on any atom is 0.258 e. The largest absolute Gasteiger partial charge is 0.497 e. The molecule has 1 atom stereocenters. The van der Waals surface area contributed by atoms with Gasteiger partial charge in [-0.1, -0.05) is 6.92 Å². The van der Waals surface area contributed by atoms with E-state index >= 15 is 0 Å². The Morgan fingerprint density at radius 2 is 2.20 bits per heavy atom. The molecule has 0 saturated heterocycles. The van der Waals surface area contributed by atoms with Gasteiger partial charge in [0.05, 0.1) is 7.11 Å². The summed E-state index contributed by atoms with van der Waals surface area (Å²) in [5.74, 6) is 1.31. The van der Waals surface area contributed by atoms with Crippen molar-refractivity contribution in [1.82, 2.24) is 5.32 Å². The zero-order valence-corrected chi connectivity index (χ0v) is 12.4. The zero-order chi connectivity index (χ0) is 15.0. The minimum atomic E-state index is -0.117. The fourth-order valence-electron chi connectivity index (χ4n) is 1.74. The number of ether oxygens (including phenoxy) is 2. The molecular weight excluding hydrogens is 256 g/mol. The van der Waals surface area contributed by atoms with E-state index in [1.54, 1.807) is 13.2 Å². The van der Waals surface area contributed by atoms with Crippen molar-refractivity contribution < 1.29 is 14.3 Å². The molecule has 0 spiro atoms. The van der Waals surface area contributed by atoms with E-state index in [0.29, 0.717) is 18.7 Å². The maximum absolute atomic E-state index is 11.7. The summed E-state index contributed by atoms with van der Waals surface area (Å²) in [7, 11) is 1.61. The van der Waals surface area contributed by atoms with E-state index in [4.69, 9.17) is 15.2 Å². The molecule has 20 heavy (non-hydrogen) atoms. The number of carbonyl (C=O) groups excluding carboxylic acids is 1. The average Bonchev–Trinajstić information content (AvgIpc) is 2.46. The van der Waals surface area contributed by atoms with Crippen LogP contribution in [-0.2, 0) is 11.2 Å². The monoisotopic (exact) mass is 280 g/mol. The first-order chi connectivity index (χ1) is 9.60. The highest BCUT2D eigenvalue weighted by atomic mass is 16.5. The van der Waals surface area contributed by atoms with Gasteiger partial charge >= 0.3 is 0 Å². The lowest BCUT2D eigenvalue weighted by Gasteiger charge is -2.14. The lowest BCUT2D eigenvalue weighted by atomic mass is 10.1. The van der Waals surface area contributed by atoms with E-state index in [1.165, 1.54) is 0 Å². The topological polar surface area (TPSA) is 73.6 Å². The van der Waals surface area contributed by atoms with Crippen molar-refractivity contribution in [3.8, 4) is 11.5 Å². The molecule has 1 unspecified atom stereocenters. The van der Waals surface area contributed by atoms with E-state index in [2.05, 4.69) is 5.32 Å². The van der Waals surface area contributed by atoms with Crippen molar-refractivity contribution in [1.29, 1.82) is 0 Å². The smallest absolute Gasteiger partial charge is 0.258 e. The zero-order valence-electron chi connectivity index (χ0n) is 12.4. The van der Waals surface area contributed by atoms with Gasteiger partial charge in [-0.05, 0) is 50.1 Å². The molecule has 0 fully saturated rings. The molecule has 112 valence electrons. The Labute approximate surface area is 120 Å². The van der Waals surface area contributed by atoms with Crippen molar-refractivity contribution in [2.45, 2.75) is 32.7 Å². The van der Waals surface area contributed by atoms with Gasteiger partial charge in [0.1, 0.15) is 11.5 Å². The minimum absolute atomic E-state index is 0.00817. The van der Waals surface area contributed by atoms with Crippen molar-refractivity contribution in [3.63, 3.8) is 0 Å². The molecule has 0 aliphatic rings. The van der Waals surface area contributed by atoms with E-state index in [9.17, 15) is 4.79 Å². The van der Waals surface area contributed by atoms with Gasteiger partial charge in [-0.25, -0.2) is 0 Å². The van der Waals surface area contributed by atoms with Crippen LogP contribution in [0.4, 0.5) is 0 Å². The first-order valence-corrected chi connectivity index (χ1v) is 6.89. The van der Waals surface area contributed by atoms with Gasteiger partial charge in [0, 0.05) is 6.04 Å². The Bertz CT molecular complexity index is 435. The summed E-state index contributed by atoms with van der Waals surface area (Å²) in [6.07, 6.45) is 1.58. The number of hydrogen-bond acceptors (Lipinski definition) is 4. The predicted molar refractivity (Wildman–Crippen MR) is 79.1 cm³/mol. The number of nitrogens with two attached hydrogens (primary N) is 1. The molecule has 0 aliphatic carbocycles. The van der Waals surface area contributed by atoms with Crippen LogP contribution in [0, 0.1) is 0 Å². The summed E-state index contributed by atoms with van der Waals surface area (Å²) in [6, 6.07) is 5.65. The second-order valence-corrected chi connectivity index (χ2v) is 4.68. The lowest BCUT2D eigenvalue weighted by Crippen LogP contribution is -2.35. The lowest BCUT2D eigenvalue weighted by molar-refractivity contribution is -0.123. The first-order valence-electron chi connectivity index (χ1n) is 6.89. The quantitative estimate of drug-likeness (QED) is 0.756. The molecule has 1 rings (SSSR count). The van der Waals surface area contributed by atoms with E-state index in [-0.39, 0.29) is 18.6 Å². The van der Waals surface area contributed by atoms with Crippen LogP contribution in [0.3, 0.4) is 0 Å². The van der Waals surface area contributed by atoms with Crippen LogP contribution in [0.15, 0.2) is 18.2 Å². The van der Waals surface area contributed by atoms with Gasteiger partial charge in [0.2, 0.25) is 0 Å². The molecule has 0 aliphatic heterocycles. The van der Waals surface area contributed by atoms with Crippen LogP contribution in [0.1, 0.15) is 25.8 Å². The fraction of sp³-hybridized carbons (Fsp3) is 0.533. The Balaban J connectivity index is 2.64. The van der Waals surface area contributed by atoms with Crippen LogP contribution < -0.4 is 20.5 Å². The van der Waals surface area contributed by atoms with Crippen LogP contribution in [0.2, 0.25) is 0 Å². The molecule has 1 amide bonds. The van der Waals surface area contributed by atoms with Gasteiger partial charge in [0.15, 0.2) is 6.61 Å². The highest BCUT2D eigenvalue weighted by molar-refractivity contribution is 5.77. The predicted octanol–water partition coefficient (Wildman–Crippen LogP) is 1.49. The van der Waals surface area contributed by atoms with Crippen molar-refractivity contribution in [2.24, 2.45) is 5.73 Å². The molecule has 0 heterocycles.